The third-order valence-corrected chi connectivity index (χ3v) is 3.70. The van der Waals surface area contributed by atoms with Gasteiger partial charge in [-0.2, -0.15) is 0 Å². The van der Waals surface area contributed by atoms with Crippen LogP contribution in [0, 0.1) is 0 Å². The summed E-state index contributed by atoms with van der Waals surface area (Å²) in [4.78, 5) is 42.3. The van der Waals surface area contributed by atoms with Crippen LogP contribution in [0.15, 0.2) is 15.8 Å². The van der Waals surface area contributed by atoms with Gasteiger partial charge in [-0.1, -0.05) is 0 Å². The SMILES string of the molecule is Cn1cc([C@@H]2OC(COP(=O)(O)O)[C@@H](O)[C@H]2O)c(=O)[nH]c1=O. The third kappa shape index (κ3) is 3.52. The van der Waals surface area contributed by atoms with Crippen molar-refractivity contribution in [3.8, 4) is 0 Å². The van der Waals surface area contributed by atoms with Gasteiger partial charge in [0.2, 0.25) is 0 Å². The standard InChI is InChI=1S/C10H15N2O9P/c1-12-2-4(9(15)11-10(12)16)8-7(14)6(13)5(21-8)3-20-22(17,18)19/h2,5-8,13-14H,3H2,1H3,(H,11,15,16)(H2,17,18,19)/t5?,6-,7-,8+/m1/s1. The van der Waals surface area contributed by atoms with Gasteiger partial charge in [-0.05, 0) is 0 Å². The molecule has 0 bridgehead atoms. The highest BCUT2D eigenvalue weighted by Crippen LogP contribution is 2.38. The van der Waals surface area contributed by atoms with Crippen LogP contribution in [0.2, 0.25) is 0 Å². The first-order valence-electron chi connectivity index (χ1n) is 6.11. The fourth-order valence-corrected chi connectivity index (χ4v) is 2.44. The van der Waals surface area contributed by atoms with E-state index in [1.54, 1.807) is 0 Å². The minimum absolute atomic E-state index is 0.104. The van der Waals surface area contributed by atoms with Gasteiger partial charge in [0.1, 0.15) is 24.4 Å². The second-order valence-corrected chi connectivity index (χ2v) is 6.06. The number of phosphoric ester groups is 1. The number of nitrogens with zero attached hydrogens (tertiary/aromatic N) is 1. The molecule has 5 N–H and O–H groups in total. The normalized spacial score (nSPS) is 29.0. The number of aryl methyl sites for hydroxylation is 1. The molecule has 1 aliphatic rings. The maximum atomic E-state index is 11.8. The van der Waals surface area contributed by atoms with Gasteiger partial charge in [0.05, 0.1) is 12.2 Å². The van der Waals surface area contributed by atoms with E-state index in [9.17, 15) is 24.4 Å². The van der Waals surface area contributed by atoms with Crippen molar-refractivity contribution in [2.75, 3.05) is 6.61 Å². The Hall–Kier alpha value is -1.33. The van der Waals surface area contributed by atoms with Crippen LogP contribution in [0.4, 0.5) is 0 Å². The van der Waals surface area contributed by atoms with E-state index in [1.807, 2.05) is 4.98 Å². The van der Waals surface area contributed by atoms with Crippen LogP contribution >= 0.6 is 7.82 Å². The molecule has 0 saturated carbocycles. The molecule has 0 aliphatic carbocycles. The Morgan fingerprint density at radius 2 is 2.00 bits per heavy atom. The number of H-pyrrole nitrogens is 1. The van der Waals surface area contributed by atoms with Crippen molar-refractivity contribution >= 4 is 7.82 Å². The minimum Gasteiger partial charge on any atom is -0.387 e. The molecule has 1 aliphatic heterocycles. The van der Waals surface area contributed by atoms with E-state index >= 15 is 0 Å². The summed E-state index contributed by atoms with van der Waals surface area (Å²) in [6.07, 6.45) is -4.41. The summed E-state index contributed by atoms with van der Waals surface area (Å²) < 4.78 is 21.2. The summed E-state index contributed by atoms with van der Waals surface area (Å²) >= 11 is 0. The summed E-state index contributed by atoms with van der Waals surface area (Å²) in [6.45, 7) is -0.678. The Bertz CT molecular complexity index is 707. The first-order valence-corrected chi connectivity index (χ1v) is 7.64. The van der Waals surface area contributed by atoms with Gasteiger partial charge < -0.3 is 29.3 Å². The number of aromatic nitrogens is 2. The quantitative estimate of drug-likeness (QED) is 0.367. The molecule has 1 unspecified atom stereocenters. The van der Waals surface area contributed by atoms with E-state index in [2.05, 4.69) is 4.52 Å². The predicted octanol–water partition coefficient (Wildman–Crippen LogP) is -2.66. The smallest absolute Gasteiger partial charge is 0.387 e. The van der Waals surface area contributed by atoms with Crippen LogP contribution in [0.1, 0.15) is 11.7 Å². The lowest BCUT2D eigenvalue weighted by molar-refractivity contribution is -0.0229. The van der Waals surface area contributed by atoms with Crippen LogP contribution in [0.25, 0.3) is 0 Å². The van der Waals surface area contributed by atoms with Gasteiger partial charge in [-0.25, -0.2) is 9.36 Å². The molecule has 2 rings (SSSR count). The molecule has 1 fully saturated rings. The fourth-order valence-electron chi connectivity index (χ4n) is 2.10. The Morgan fingerprint density at radius 1 is 1.36 bits per heavy atom. The monoisotopic (exact) mass is 338 g/mol. The lowest BCUT2D eigenvalue weighted by atomic mass is 10.0. The van der Waals surface area contributed by atoms with E-state index in [4.69, 9.17) is 14.5 Å². The molecule has 12 heteroatoms. The molecule has 0 radical (unpaired) electrons. The third-order valence-electron chi connectivity index (χ3n) is 3.21. The highest BCUT2D eigenvalue weighted by atomic mass is 31.2. The maximum absolute atomic E-state index is 11.8. The Balaban J connectivity index is 2.23. The second kappa shape index (κ2) is 6.05. The summed E-state index contributed by atoms with van der Waals surface area (Å²) in [6, 6.07) is 0. The second-order valence-electron chi connectivity index (χ2n) is 4.82. The number of nitrogens with one attached hydrogen (secondary N) is 1. The van der Waals surface area contributed by atoms with E-state index in [0.29, 0.717) is 0 Å². The molecule has 22 heavy (non-hydrogen) atoms. The molecule has 4 atom stereocenters. The number of rotatable bonds is 4. The Morgan fingerprint density at radius 3 is 2.59 bits per heavy atom. The molecule has 11 nitrogen and oxygen atoms in total. The molecular formula is C10H15N2O9P. The highest BCUT2D eigenvalue weighted by Gasteiger charge is 2.45. The lowest BCUT2D eigenvalue weighted by Gasteiger charge is -2.14. The number of aromatic amines is 1. The zero-order valence-corrected chi connectivity index (χ0v) is 12.2. The molecule has 1 aromatic rings. The van der Waals surface area contributed by atoms with E-state index in [-0.39, 0.29) is 5.56 Å². The number of hydrogen-bond acceptors (Lipinski definition) is 7. The van der Waals surface area contributed by atoms with Crippen molar-refractivity contribution < 1.29 is 33.8 Å². The van der Waals surface area contributed by atoms with Crippen molar-refractivity contribution in [2.24, 2.45) is 7.05 Å². The Labute approximate surface area is 123 Å². The van der Waals surface area contributed by atoms with E-state index in [1.165, 1.54) is 7.05 Å². The zero-order valence-electron chi connectivity index (χ0n) is 11.3. The summed E-state index contributed by atoms with van der Waals surface area (Å²) in [5.74, 6) is 0. The van der Waals surface area contributed by atoms with Gasteiger partial charge in [-0.15, -0.1) is 0 Å². The van der Waals surface area contributed by atoms with Crippen LogP contribution < -0.4 is 11.2 Å². The van der Waals surface area contributed by atoms with E-state index in [0.717, 1.165) is 10.8 Å². The molecule has 0 amide bonds. The summed E-state index contributed by atoms with van der Waals surface area (Å²) in [7, 11) is -3.40. The van der Waals surface area contributed by atoms with E-state index < -0.39 is 50.1 Å². The predicted molar refractivity (Wildman–Crippen MR) is 69.9 cm³/mol. The molecule has 1 aromatic heterocycles. The molecule has 0 aromatic carbocycles. The average Bonchev–Trinajstić information content (AvgIpc) is 2.68. The first-order chi connectivity index (χ1) is 10.1. The maximum Gasteiger partial charge on any atom is 0.469 e. The zero-order chi connectivity index (χ0) is 16.7. The highest BCUT2D eigenvalue weighted by molar-refractivity contribution is 7.46. The van der Waals surface area contributed by atoms with Crippen LogP contribution in [-0.4, -0.2) is 54.5 Å². The van der Waals surface area contributed by atoms with Gasteiger partial charge in [0.15, 0.2) is 0 Å². The summed E-state index contributed by atoms with van der Waals surface area (Å²) in [5, 5.41) is 19.7. The fraction of sp³-hybridized carbons (Fsp3) is 0.600. The lowest BCUT2D eigenvalue weighted by Crippen LogP contribution is -2.35. The number of aliphatic hydroxyl groups excluding tert-OH is 2. The molecule has 2 heterocycles. The van der Waals surface area contributed by atoms with Gasteiger partial charge in [0, 0.05) is 13.2 Å². The number of hydrogen-bond donors (Lipinski definition) is 5. The first kappa shape index (κ1) is 17.0. The molecule has 124 valence electrons. The van der Waals surface area contributed by atoms with Crippen molar-refractivity contribution in [3.05, 3.63) is 32.6 Å². The average molecular weight is 338 g/mol. The van der Waals surface area contributed by atoms with Crippen LogP contribution in [-0.2, 0) is 20.9 Å². The molecular weight excluding hydrogens is 323 g/mol. The molecule has 0 spiro atoms. The number of ether oxygens (including phenoxy) is 1. The Kier molecular flexibility index (Phi) is 4.68. The molecule has 1 saturated heterocycles. The van der Waals surface area contributed by atoms with Crippen molar-refractivity contribution in [2.45, 2.75) is 24.4 Å². The summed E-state index contributed by atoms with van der Waals surface area (Å²) in [5.41, 5.74) is -1.56. The van der Waals surface area contributed by atoms with Gasteiger partial charge in [-0.3, -0.25) is 14.3 Å². The van der Waals surface area contributed by atoms with Gasteiger partial charge in [0.25, 0.3) is 5.56 Å². The van der Waals surface area contributed by atoms with Crippen molar-refractivity contribution in [3.63, 3.8) is 0 Å². The van der Waals surface area contributed by atoms with Crippen molar-refractivity contribution in [1.82, 2.24) is 9.55 Å². The van der Waals surface area contributed by atoms with Crippen molar-refractivity contribution in [1.29, 1.82) is 0 Å². The number of phosphoric acid groups is 1. The number of aliphatic hydroxyl groups is 2. The van der Waals surface area contributed by atoms with Crippen LogP contribution in [0.3, 0.4) is 0 Å². The largest absolute Gasteiger partial charge is 0.469 e. The van der Waals surface area contributed by atoms with Gasteiger partial charge >= 0.3 is 13.5 Å². The minimum atomic E-state index is -4.77. The van der Waals surface area contributed by atoms with Crippen LogP contribution in [0.5, 0.6) is 0 Å². The topological polar surface area (TPSA) is 171 Å².